The smallest absolute Gasteiger partial charge is 0.231 e. The third-order valence-corrected chi connectivity index (χ3v) is 5.32. The van der Waals surface area contributed by atoms with E-state index in [2.05, 4.69) is 69.1 Å². The number of hydrogen-bond donors (Lipinski definition) is 3. The van der Waals surface area contributed by atoms with Crippen LogP contribution in [0.25, 0.3) is 11.0 Å². The third kappa shape index (κ3) is 3.56. The Balaban J connectivity index is 1.34. The van der Waals surface area contributed by atoms with Crippen molar-refractivity contribution in [2.75, 3.05) is 10.6 Å². The van der Waals surface area contributed by atoms with Crippen LogP contribution >= 0.6 is 0 Å². The van der Waals surface area contributed by atoms with Gasteiger partial charge in [0.15, 0.2) is 0 Å². The van der Waals surface area contributed by atoms with Crippen molar-refractivity contribution in [3.05, 3.63) is 78.0 Å². The summed E-state index contributed by atoms with van der Waals surface area (Å²) in [7, 11) is 0. The highest BCUT2D eigenvalue weighted by molar-refractivity contribution is 5.88. The molecule has 5 heteroatoms. The summed E-state index contributed by atoms with van der Waals surface area (Å²) in [6.07, 6.45) is 6.55. The van der Waals surface area contributed by atoms with Gasteiger partial charge >= 0.3 is 0 Å². The van der Waals surface area contributed by atoms with Crippen molar-refractivity contribution in [1.82, 2.24) is 15.0 Å². The SMILES string of the molecule is c1ccc(Cc2ccc(Nc3nc(NC4CCC4)c4cc[nH]c4n3)cc2)cc1. The van der Waals surface area contributed by atoms with E-state index in [1.807, 2.05) is 18.3 Å². The van der Waals surface area contributed by atoms with Crippen LogP contribution in [0.5, 0.6) is 0 Å². The fourth-order valence-corrected chi connectivity index (χ4v) is 3.52. The first-order valence-electron chi connectivity index (χ1n) is 9.85. The van der Waals surface area contributed by atoms with Crippen LogP contribution in [-0.2, 0) is 6.42 Å². The summed E-state index contributed by atoms with van der Waals surface area (Å²) in [5.74, 6) is 1.51. The highest BCUT2D eigenvalue weighted by Gasteiger charge is 2.19. The van der Waals surface area contributed by atoms with E-state index in [0.29, 0.717) is 12.0 Å². The highest BCUT2D eigenvalue weighted by atomic mass is 15.2. The zero-order valence-electron chi connectivity index (χ0n) is 15.7. The summed E-state index contributed by atoms with van der Waals surface area (Å²) in [5.41, 5.74) is 4.43. The average molecular weight is 369 g/mol. The molecule has 140 valence electrons. The second-order valence-electron chi connectivity index (χ2n) is 7.39. The molecule has 0 aliphatic heterocycles. The highest BCUT2D eigenvalue weighted by Crippen LogP contribution is 2.28. The van der Waals surface area contributed by atoms with Gasteiger partial charge in [-0.25, -0.2) is 0 Å². The van der Waals surface area contributed by atoms with E-state index in [-0.39, 0.29) is 0 Å². The number of nitrogens with one attached hydrogen (secondary N) is 3. The van der Waals surface area contributed by atoms with Gasteiger partial charge in [0.2, 0.25) is 5.95 Å². The average Bonchev–Trinajstić information content (AvgIpc) is 3.16. The van der Waals surface area contributed by atoms with Crippen molar-refractivity contribution >= 4 is 28.5 Å². The summed E-state index contributed by atoms with van der Waals surface area (Å²) in [6.45, 7) is 0. The Morgan fingerprint density at radius 3 is 2.43 bits per heavy atom. The minimum atomic E-state index is 0.526. The molecular weight excluding hydrogens is 346 g/mol. The van der Waals surface area contributed by atoms with Gasteiger partial charge in [-0.15, -0.1) is 0 Å². The fourth-order valence-electron chi connectivity index (χ4n) is 3.52. The van der Waals surface area contributed by atoms with Crippen LogP contribution in [0.4, 0.5) is 17.5 Å². The molecule has 0 amide bonds. The Morgan fingerprint density at radius 1 is 0.893 bits per heavy atom. The molecule has 1 aliphatic rings. The number of H-pyrrole nitrogens is 1. The molecule has 0 atom stereocenters. The van der Waals surface area contributed by atoms with Crippen LogP contribution < -0.4 is 10.6 Å². The summed E-state index contributed by atoms with van der Waals surface area (Å²) in [6, 6.07) is 21.5. The van der Waals surface area contributed by atoms with E-state index in [4.69, 9.17) is 4.98 Å². The molecule has 5 rings (SSSR count). The monoisotopic (exact) mass is 369 g/mol. The third-order valence-electron chi connectivity index (χ3n) is 5.32. The second kappa shape index (κ2) is 7.35. The molecule has 0 unspecified atom stereocenters. The Hall–Kier alpha value is -3.34. The lowest BCUT2D eigenvalue weighted by Gasteiger charge is -2.27. The predicted molar refractivity (Wildman–Crippen MR) is 114 cm³/mol. The van der Waals surface area contributed by atoms with Gasteiger partial charge in [0, 0.05) is 17.9 Å². The lowest BCUT2D eigenvalue weighted by molar-refractivity contribution is 0.445. The van der Waals surface area contributed by atoms with Gasteiger partial charge in [-0.1, -0.05) is 42.5 Å². The molecular formula is C23H23N5. The van der Waals surface area contributed by atoms with Gasteiger partial charge < -0.3 is 15.6 Å². The Morgan fingerprint density at radius 2 is 1.68 bits per heavy atom. The predicted octanol–water partition coefficient (Wildman–Crippen LogP) is 5.26. The first-order valence-corrected chi connectivity index (χ1v) is 9.85. The van der Waals surface area contributed by atoms with E-state index in [1.54, 1.807) is 0 Å². The zero-order valence-corrected chi connectivity index (χ0v) is 15.7. The summed E-state index contributed by atoms with van der Waals surface area (Å²) < 4.78 is 0. The molecule has 3 N–H and O–H groups in total. The molecule has 2 aromatic heterocycles. The lowest BCUT2D eigenvalue weighted by atomic mass is 9.93. The van der Waals surface area contributed by atoms with Crippen molar-refractivity contribution in [2.24, 2.45) is 0 Å². The maximum absolute atomic E-state index is 4.73. The molecule has 5 nitrogen and oxygen atoms in total. The molecule has 1 aliphatic carbocycles. The summed E-state index contributed by atoms with van der Waals surface area (Å²) >= 11 is 0. The molecule has 28 heavy (non-hydrogen) atoms. The van der Waals surface area contributed by atoms with Gasteiger partial charge in [0.25, 0.3) is 0 Å². The van der Waals surface area contributed by atoms with Gasteiger partial charge in [-0.2, -0.15) is 9.97 Å². The largest absolute Gasteiger partial charge is 0.367 e. The number of aromatic nitrogens is 3. The van der Waals surface area contributed by atoms with E-state index in [1.165, 1.54) is 30.4 Å². The molecule has 0 spiro atoms. The number of nitrogens with zero attached hydrogens (tertiary/aromatic N) is 2. The molecule has 4 aromatic rings. The van der Waals surface area contributed by atoms with Crippen LogP contribution in [0.3, 0.4) is 0 Å². The van der Waals surface area contributed by atoms with E-state index >= 15 is 0 Å². The lowest BCUT2D eigenvalue weighted by Crippen LogP contribution is -2.27. The van der Waals surface area contributed by atoms with Gasteiger partial charge in [-0.05, 0) is 55.0 Å². The molecule has 2 aromatic carbocycles. The minimum absolute atomic E-state index is 0.526. The zero-order chi connectivity index (χ0) is 18.8. The van der Waals surface area contributed by atoms with Crippen LogP contribution in [0.1, 0.15) is 30.4 Å². The van der Waals surface area contributed by atoms with Crippen molar-refractivity contribution in [2.45, 2.75) is 31.7 Å². The Bertz CT molecular complexity index is 1070. The maximum atomic E-state index is 4.73. The topological polar surface area (TPSA) is 65.6 Å². The fraction of sp³-hybridized carbons (Fsp3) is 0.217. The van der Waals surface area contributed by atoms with Crippen LogP contribution in [0.15, 0.2) is 66.9 Å². The van der Waals surface area contributed by atoms with Crippen LogP contribution in [0.2, 0.25) is 0 Å². The number of hydrogen-bond acceptors (Lipinski definition) is 4. The van der Waals surface area contributed by atoms with Crippen molar-refractivity contribution in [1.29, 1.82) is 0 Å². The molecule has 1 saturated carbocycles. The maximum Gasteiger partial charge on any atom is 0.231 e. The first-order chi connectivity index (χ1) is 13.8. The Kier molecular flexibility index (Phi) is 4.41. The normalized spacial score (nSPS) is 14.0. The number of aromatic amines is 1. The first kappa shape index (κ1) is 16.8. The van der Waals surface area contributed by atoms with E-state index < -0.39 is 0 Å². The quantitative estimate of drug-likeness (QED) is 0.434. The van der Waals surface area contributed by atoms with Gasteiger partial charge in [-0.3, -0.25) is 0 Å². The van der Waals surface area contributed by atoms with Crippen molar-refractivity contribution in [3.8, 4) is 0 Å². The Labute approximate surface area is 164 Å². The van der Waals surface area contributed by atoms with Crippen LogP contribution in [-0.4, -0.2) is 21.0 Å². The van der Waals surface area contributed by atoms with E-state index in [9.17, 15) is 0 Å². The molecule has 1 fully saturated rings. The number of benzene rings is 2. The van der Waals surface area contributed by atoms with Crippen molar-refractivity contribution in [3.63, 3.8) is 0 Å². The standard InChI is InChI=1S/C23H23N5/c1-2-5-16(6-3-1)15-17-9-11-19(12-10-17)26-23-27-21-20(13-14-24-21)22(28-23)25-18-7-4-8-18/h1-3,5-6,9-14,18H,4,7-8,15H2,(H3,24,25,26,27,28). The second-order valence-corrected chi connectivity index (χ2v) is 7.39. The number of rotatable bonds is 6. The summed E-state index contributed by atoms with van der Waals surface area (Å²) in [4.78, 5) is 12.5. The van der Waals surface area contributed by atoms with Gasteiger partial charge in [0.1, 0.15) is 11.5 Å². The molecule has 0 saturated heterocycles. The minimum Gasteiger partial charge on any atom is -0.367 e. The number of fused-ring (bicyclic) bond motifs is 1. The van der Waals surface area contributed by atoms with E-state index in [0.717, 1.165) is 29.0 Å². The van der Waals surface area contributed by atoms with Crippen molar-refractivity contribution < 1.29 is 0 Å². The van der Waals surface area contributed by atoms with Gasteiger partial charge in [0.05, 0.1) is 5.39 Å². The number of anilines is 3. The molecule has 0 radical (unpaired) electrons. The molecule has 0 bridgehead atoms. The molecule has 2 heterocycles. The summed E-state index contributed by atoms with van der Waals surface area (Å²) in [5, 5.41) is 7.94. The van der Waals surface area contributed by atoms with Crippen LogP contribution in [0, 0.1) is 0 Å².